The van der Waals surface area contributed by atoms with Crippen molar-refractivity contribution in [1.82, 2.24) is 0 Å². The van der Waals surface area contributed by atoms with Gasteiger partial charge in [-0.3, -0.25) is 4.94 Å². The zero-order chi connectivity index (χ0) is 16.4. The molecule has 23 heavy (non-hydrogen) atoms. The van der Waals surface area contributed by atoms with E-state index in [0.717, 1.165) is 13.3 Å². The molecular formula is C13H19F2NaO6S. The summed E-state index contributed by atoms with van der Waals surface area (Å²) in [5.74, 6) is -1.66. The molecule has 4 saturated carbocycles. The Balaban J connectivity index is 0.00000144. The average Bonchev–Trinajstić information content (AvgIpc) is 2.42. The van der Waals surface area contributed by atoms with Crippen LogP contribution in [0.25, 0.3) is 0 Å². The molecule has 4 aliphatic carbocycles. The van der Waals surface area contributed by atoms with E-state index in [-0.39, 0.29) is 49.2 Å². The molecule has 0 heterocycles. The average molecular weight is 364 g/mol. The van der Waals surface area contributed by atoms with Crippen molar-refractivity contribution in [2.75, 3.05) is 0 Å². The fourth-order valence-corrected chi connectivity index (χ4v) is 6.62. The Hall–Kier alpha value is 0.200. The predicted molar refractivity (Wildman–Crippen MR) is 69.9 cm³/mol. The summed E-state index contributed by atoms with van der Waals surface area (Å²) >= 11 is 0. The standard InChI is InChI=1S/C13H18F2O6S.Na.H/c1-11(10(16)20-14,22(18,19)21-15)12-3-8-2-9(4-12)6-13(17,5-8)7-12;;/h8-9,17H,2-7H2,1H3;;/q;+1;-1. The molecule has 0 aliphatic heterocycles. The second-order valence-electron chi connectivity index (χ2n) is 7.38. The third kappa shape index (κ3) is 2.58. The Morgan fingerprint density at radius 3 is 2.17 bits per heavy atom. The monoisotopic (exact) mass is 364 g/mol. The summed E-state index contributed by atoms with van der Waals surface area (Å²) < 4.78 is 50.0. The third-order valence-electron chi connectivity index (χ3n) is 6.08. The molecule has 0 saturated heterocycles. The van der Waals surface area contributed by atoms with Crippen molar-refractivity contribution in [3.8, 4) is 0 Å². The van der Waals surface area contributed by atoms with E-state index in [1.165, 1.54) is 0 Å². The Labute approximate surface area is 156 Å². The summed E-state index contributed by atoms with van der Waals surface area (Å²) in [6.07, 6.45) is 2.42. The van der Waals surface area contributed by atoms with Crippen molar-refractivity contribution in [2.45, 2.75) is 55.8 Å². The first-order valence-corrected chi connectivity index (χ1v) is 8.62. The minimum absolute atomic E-state index is 0. The van der Waals surface area contributed by atoms with Crippen LogP contribution < -0.4 is 29.6 Å². The van der Waals surface area contributed by atoms with Crippen LogP contribution in [0.3, 0.4) is 0 Å². The van der Waals surface area contributed by atoms with Crippen LogP contribution >= 0.6 is 0 Å². The van der Waals surface area contributed by atoms with Gasteiger partial charge in [0.2, 0.25) is 4.75 Å². The van der Waals surface area contributed by atoms with E-state index in [1.54, 1.807) is 0 Å². The molecule has 3 atom stereocenters. The fourth-order valence-electron chi connectivity index (χ4n) is 5.49. The molecule has 0 amide bonds. The van der Waals surface area contributed by atoms with Gasteiger partial charge in [0, 0.05) is 9.94 Å². The zero-order valence-corrected chi connectivity index (χ0v) is 15.9. The number of halogens is 2. The molecule has 6 nitrogen and oxygen atoms in total. The molecule has 4 rings (SSSR count). The second-order valence-corrected chi connectivity index (χ2v) is 9.23. The quantitative estimate of drug-likeness (QED) is 0.634. The largest absolute Gasteiger partial charge is 1.00 e. The van der Waals surface area contributed by atoms with Gasteiger partial charge in [-0.2, -0.15) is 8.42 Å². The SMILES string of the molecule is CC(C(=O)OF)(C12CC3CC(CC(O)(C3)C1)C2)S(=O)(=O)OF.[H-].[Na+]. The molecule has 10 heteroatoms. The molecule has 4 fully saturated rings. The first-order valence-electron chi connectivity index (χ1n) is 7.22. The summed E-state index contributed by atoms with van der Waals surface area (Å²) in [4.78, 5) is 15.1. The molecule has 1 N–H and O–H groups in total. The van der Waals surface area contributed by atoms with Gasteiger partial charge < -0.3 is 6.53 Å². The molecule has 0 aromatic heterocycles. The smallest absolute Gasteiger partial charge is 1.00 e. The first kappa shape index (κ1) is 19.5. The maximum atomic E-state index is 12.7. The fraction of sp³-hybridized carbons (Fsp3) is 0.923. The summed E-state index contributed by atoms with van der Waals surface area (Å²) in [5.41, 5.74) is -2.40. The predicted octanol–water partition coefficient (Wildman–Crippen LogP) is -1.15. The van der Waals surface area contributed by atoms with Crippen LogP contribution in [0.1, 0.15) is 46.9 Å². The van der Waals surface area contributed by atoms with Gasteiger partial charge in [0.25, 0.3) is 0 Å². The Bertz CT molecular complexity index is 604. The minimum Gasteiger partial charge on any atom is -1.00 e. The van der Waals surface area contributed by atoms with E-state index in [2.05, 4.69) is 9.33 Å². The van der Waals surface area contributed by atoms with Gasteiger partial charge in [-0.15, -0.1) is 0 Å². The van der Waals surface area contributed by atoms with Crippen molar-refractivity contribution in [2.24, 2.45) is 17.3 Å². The van der Waals surface area contributed by atoms with E-state index in [4.69, 9.17) is 0 Å². The van der Waals surface area contributed by atoms with Crippen LogP contribution in [-0.4, -0.2) is 29.8 Å². The van der Waals surface area contributed by atoms with E-state index >= 15 is 0 Å². The first-order chi connectivity index (χ1) is 10.1. The van der Waals surface area contributed by atoms with Gasteiger partial charge in [0.15, 0.2) is 0 Å². The molecule has 0 aromatic carbocycles. The van der Waals surface area contributed by atoms with Crippen molar-refractivity contribution in [3.63, 3.8) is 0 Å². The number of carbonyl (C=O) groups excluding carboxylic acids is 1. The normalized spacial score (nSPS) is 41.0. The van der Waals surface area contributed by atoms with Crippen LogP contribution in [0.2, 0.25) is 0 Å². The van der Waals surface area contributed by atoms with Crippen molar-refractivity contribution in [1.29, 1.82) is 0 Å². The zero-order valence-electron chi connectivity index (χ0n) is 14.0. The molecule has 3 unspecified atom stereocenters. The van der Waals surface area contributed by atoms with Gasteiger partial charge in [-0.25, -0.2) is 4.79 Å². The molecule has 0 spiro atoms. The van der Waals surface area contributed by atoms with Crippen molar-refractivity contribution >= 4 is 16.1 Å². The van der Waals surface area contributed by atoms with Gasteiger partial charge in [0.05, 0.1) is 5.60 Å². The number of carbonyl (C=O) groups is 1. The van der Waals surface area contributed by atoms with E-state index in [1.807, 2.05) is 0 Å². The van der Waals surface area contributed by atoms with Crippen LogP contribution in [0.15, 0.2) is 0 Å². The van der Waals surface area contributed by atoms with Crippen LogP contribution in [0.4, 0.5) is 9.05 Å². The summed E-state index contributed by atoms with van der Waals surface area (Å²) in [7, 11) is -5.05. The maximum absolute atomic E-state index is 12.7. The van der Waals surface area contributed by atoms with Crippen molar-refractivity contribution < 1.29 is 67.7 Å². The van der Waals surface area contributed by atoms with E-state index in [0.29, 0.717) is 25.7 Å². The van der Waals surface area contributed by atoms with E-state index in [9.17, 15) is 27.4 Å². The van der Waals surface area contributed by atoms with Gasteiger partial charge in [0.1, 0.15) is 0 Å². The molecule has 0 aromatic rings. The summed E-state index contributed by atoms with van der Waals surface area (Å²) in [6.45, 7) is 0.931. The number of rotatable bonds is 4. The topological polar surface area (TPSA) is 89.9 Å². The van der Waals surface area contributed by atoms with Gasteiger partial charge in [-0.1, -0.05) is 4.39 Å². The summed E-state index contributed by atoms with van der Waals surface area (Å²) in [5, 5.41) is 10.6. The molecule has 4 aliphatic rings. The van der Waals surface area contributed by atoms with Crippen molar-refractivity contribution in [3.05, 3.63) is 0 Å². The van der Waals surface area contributed by atoms with Crippen LogP contribution in [0.5, 0.6) is 0 Å². The molecule has 0 radical (unpaired) electrons. The molecule has 4 bridgehead atoms. The van der Waals surface area contributed by atoms with Gasteiger partial charge in [-0.05, 0) is 61.8 Å². The molecule has 128 valence electrons. The number of hydrogen-bond donors (Lipinski definition) is 1. The minimum atomic E-state index is -5.05. The molecular weight excluding hydrogens is 345 g/mol. The van der Waals surface area contributed by atoms with Gasteiger partial charge >= 0.3 is 45.6 Å². The number of aliphatic hydroxyl groups is 1. The Morgan fingerprint density at radius 2 is 1.78 bits per heavy atom. The Morgan fingerprint density at radius 1 is 1.26 bits per heavy atom. The Kier molecular flexibility index (Phi) is 4.99. The second kappa shape index (κ2) is 5.88. The van der Waals surface area contributed by atoms with Crippen LogP contribution in [0, 0.1) is 17.3 Å². The third-order valence-corrected chi connectivity index (χ3v) is 7.85. The maximum Gasteiger partial charge on any atom is 1.00 e. The van der Waals surface area contributed by atoms with Crippen LogP contribution in [-0.2, 0) is 24.2 Å². The number of hydrogen-bond acceptors (Lipinski definition) is 6. The van der Waals surface area contributed by atoms with E-state index < -0.39 is 31.9 Å². The summed E-state index contributed by atoms with van der Waals surface area (Å²) in [6, 6.07) is 0.